The molecule has 0 spiro atoms. The second-order valence-corrected chi connectivity index (χ2v) is 7.31. The average molecular weight is 342 g/mol. The van der Waals surface area contributed by atoms with Crippen molar-refractivity contribution in [2.75, 3.05) is 5.32 Å². The van der Waals surface area contributed by atoms with Gasteiger partial charge in [-0.3, -0.25) is 19.3 Å². The number of anilines is 1. The molecule has 0 atom stereocenters. The van der Waals surface area contributed by atoms with Crippen LogP contribution in [0.4, 0.5) is 5.69 Å². The van der Waals surface area contributed by atoms with Gasteiger partial charge in [0.05, 0.1) is 12.1 Å². The Morgan fingerprint density at radius 1 is 1.12 bits per heavy atom. The summed E-state index contributed by atoms with van der Waals surface area (Å²) in [5.41, 5.74) is 2.24. The molecule has 2 aromatic rings. The van der Waals surface area contributed by atoms with E-state index in [1.54, 1.807) is 23.5 Å². The molecule has 3 rings (SSSR count). The van der Waals surface area contributed by atoms with Crippen LogP contribution in [0.3, 0.4) is 0 Å². The van der Waals surface area contributed by atoms with Gasteiger partial charge in [-0.1, -0.05) is 12.1 Å². The molecule has 1 fully saturated rings. The first-order chi connectivity index (χ1) is 11.4. The van der Waals surface area contributed by atoms with Crippen molar-refractivity contribution in [2.45, 2.75) is 33.2 Å². The van der Waals surface area contributed by atoms with E-state index in [1.807, 2.05) is 32.0 Å². The molecule has 5 nitrogen and oxygen atoms in total. The quantitative estimate of drug-likeness (QED) is 0.867. The molecule has 6 heteroatoms. The molecule has 1 aliphatic rings. The predicted octanol–water partition coefficient (Wildman–Crippen LogP) is 3.27. The van der Waals surface area contributed by atoms with Crippen LogP contribution in [0.25, 0.3) is 0 Å². The van der Waals surface area contributed by atoms with Gasteiger partial charge in [-0.25, -0.2) is 0 Å². The SMILES string of the molecule is Cc1cc(C(=O)Nc2ccc(CN3C(=O)CCC3=O)cc2)c(C)s1. The zero-order valence-corrected chi connectivity index (χ0v) is 14.4. The van der Waals surface area contributed by atoms with Crippen molar-refractivity contribution in [1.29, 1.82) is 0 Å². The minimum atomic E-state index is -0.130. The van der Waals surface area contributed by atoms with Crippen LogP contribution in [0, 0.1) is 13.8 Å². The number of hydrogen-bond donors (Lipinski definition) is 1. The van der Waals surface area contributed by atoms with E-state index in [4.69, 9.17) is 0 Å². The number of amides is 3. The highest BCUT2D eigenvalue weighted by Crippen LogP contribution is 2.22. The fraction of sp³-hybridized carbons (Fsp3) is 0.278. The molecule has 0 aliphatic carbocycles. The largest absolute Gasteiger partial charge is 0.322 e. The molecule has 2 heterocycles. The Morgan fingerprint density at radius 2 is 1.75 bits per heavy atom. The number of nitrogens with one attached hydrogen (secondary N) is 1. The van der Waals surface area contributed by atoms with Gasteiger partial charge in [-0.15, -0.1) is 11.3 Å². The number of rotatable bonds is 4. The number of likely N-dealkylation sites (tertiary alicyclic amines) is 1. The van der Waals surface area contributed by atoms with Crippen LogP contribution in [0.5, 0.6) is 0 Å². The third kappa shape index (κ3) is 3.38. The molecule has 0 bridgehead atoms. The first kappa shape index (κ1) is 16.4. The van der Waals surface area contributed by atoms with E-state index in [0.717, 1.165) is 15.3 Å². The van der Waals surface area contributed by atoms with Gasteiger partial charge in [-0.05, 0) is 37.6 Å². The number of aryl methyl sites for hydroxylation is 2. The summed E-state index contributed by atoms with van der Waals surface area (Å²) in [6, 6.07) is 9.09. The molecule has 1 aliphatic heterocycles. The Labute approximate surface area is 144 Å². The topological polar surface area (TPSA) is 66.5 Å². The molecule has 1 N–H and O–H groups in total. The van der Waals surface area contributed by atoms with Gasteiger partial charge in [0.1, 0.15) is 0 Å². The van der Waals surface area contributed by atoms with Gasteiger partial charge in [0.15, 0.2) is 0 Å². The zero-order chi connectivity index (χ0) is 17.3. The molecule has 1 aromatic carbocycles. The van der Waals surface area contributed by atoms with Crippen molar-refractivity contribution in [2.24, 2.45) is 0 Å². The van der Waals surface area contributed by atoms with Crippen molar-refractivity contribution < 1.29 is 14.4 Å². The highest BCUT2D eigenvalue weighted by Gasteiger charge is 2.28. The number of benzene rings is 1. The maximum Gasteiger partial charge on any atom is 0.256 e. The molecule has 1 saturated heterocycles. The Hall–Kier alpha value is -2.47. The van der Waals surface area contributed by atoms with Gasteiger partial charge in [0.2, 0.25) is 11.8 Å². The lowest BCUT2D eigenvalue weighted by atomic mass is 10.2. The number of imide groups is 1. The summed E-state index contributed by atoms with van der Waals surface area (Å²) < 4.78 is 0. The lowest BCUT2D eigenvalue weighted by molar-refractivity contribution is -0.139. The standard InChI is InChI=1S/C18H18N2O3S/c1-11-9-15(12(2)24-11)18(23)19-14-5-3-13(4-6-14)10-20-16(21)7-8-17(20)22/h3-6,9H,7-8,10H2,1-2H3,(H,19,23). The third-order valence-corrected chi connectivity index (χ3v) is 4.96. The molecular weight excluding hydrogens is 324 g/mol. The summed E-state index contributed by atoms with van der Waals surface area (Å²) in [6.45, 7) is 4.19. The second kappa shape index (κ2) is 6.57. The number of hydrogen-bond acceptors (Lipinski definition) is 4. The molecule has 3 amide bonds. The first-order valence-corrected chi connectivity index (χ1v) is 8.56. The Bertz CT molecular complexity index is 792. The molecule has 1 aromatic heterocycles. The van der Waals surface area contributed by atoms with E-state index in [2.05, 4.69) is 5.32 Å². The van der Waals surface area contributed by atoms with Crippen molar-refractivity contribution in [1.82, 2.24) is 4.90 Å². The maximum atomic E-state index is 12.3. The number of carbonyl (C=O) groups excluding carboxylic acids is 3. The summed E-state index contributed by atoms with van der Waals surface area (Å²) in [5, 5.41) is 2.87. The summed E-state index contributed by atoms with van der Waals surface area (Å²) in [7, 11) is 0. The smallest absolute Gasteiger partial charge is 0.256 e. The maximum absolute atomic E-state index is 12.3. The zero-order valence-electron chi connectivity index (χ0n) is 13.6. The lowest BCUT2D eigenvalue weighted by Gasteiger charge is -2.14. The lowest BCUT2D eigenvalue weighted by Crippen LogP contribution is -2.28. The van der Waals surface area contributed by atoms with Crippen molar-refractivity contribution in [3.8, 4) is 0 Å². The van der Waals surface area contributed by atoms with E-state index in [9.17, 15) is 14.4 Å². The molecular formula is C18H18N2O3S. The number of nitrogens with zero attached hydrogens (tertiary/aromatic N) is 1. The summed E-state index contributed by atoms with van der Waals surface area (Å²) in [6.07, 6.45) is 0.596. The highest BCUT2D eigenvalue weighted by atomic mass is 32.1. The van der Waals surface area contributed by atoms with Gasteiger partial charge in [0.25, 0.3) is 5.91 Å². The van der Waals surface area contributed by atoms with Crippen LogP contribution in [0.2, 0.25) is 0 Å². The van der Waals surface area contributed by atoms with Gasteiger partial charge >= 0.3 is 0 Å². The fourth-order valence-electron chi connectivity index (χ4n) is 2.73. The van der Waals surface area contributed by atoms with Gasteiger partial charge in [0, 0.05) is 28.3 Å². The van der Waals surface area contributed by atoms with Crippen LogP contribution in [0.15, 0.2) is 30.3 Å². The monoisotopic (exact) mass is 342 g/mol. The van der Waals surface area contributed by atoms with Crippen LogP contribution < -0.4 is 5.32 Å². The highest BCUT2D eigenvalue weighted by molar-refractivity contribution is 7.12. The normalized spacial score (nSPS) is 14.3. The van der Waals surface area contributed by atoms with E-state index in [0.29, 0.717) is 24.1 Å². The van der Waals surface area contributed by atoms with E-state index in [1.165, 1.54) is 4.90 Å². The molecule has 0 saturated carbocycles. The molecule has 24 heavy (non-hydrogen) atoms. The average Bonchev–Trinajstić information content (AvgIpc) is 3.04. The Kier molecular flexibility index (Phi) is 4.49. The van der Waals surface area contributed by atoms with Crippen LogP contribution in [-0.4, -0.2) is 22.6 Å². The second-order valence-electron chi connectivity index (χ2n) is 5.85. The molecule has 0 radical (unpaired) electrons. The molecule has 124 valence electrons. The summed E-state index contributed by atoms with van der Waals surface area (Å²) in [4.78, 5) is 39.0. The van der Waals surface area contributed by atoms with E-state index in [-0.39, 0.29) is 24.3 Å². The Balaban J connectivity index is 1.66. The summed E-state index contributed by atoms with van der Waals surface area (Å²) >= 11 is 1.60. The van der Waals surface area contributed by atoms with Crippen molar-refractivity contribution >= 4 is 34.7 Å². The number of carbonyl (C=O) groups is 3. The summed E-state index contributed by atoms with van der Waals surface area (Å²) in [5.74, 6) is -0.379. The van der Waals surface area contributed by atoms with E-state index < -0.39 is 0 Å². The number of thiophene rings is 1. The molecule has 0 unspecified atom stereocenters. The third-order valence-electron chi connectivity index (χ3n) is 3.99. The first-order valence-electron chi connectivity index (χ1n) is 7.74. The Morgan fingerprint density at radius 3 is 2.29 bits per heavy atom. The van der Waals surface area contributed by atoms with Gasteiger partial charge in [-0.2, -0.15) is 0 Å². The predicted molar refractivity (Wildman–Crippen MR) is 93.0 cm³/mol. The van der Waals surface area contributed by atoms with Gasteiger partial charge < -0.3 is 5.32 Å². The van der Waals surface area contributed by atoms with Crippen LogP contribution in [0.1, 0.15) is 38.5 Å². The van der Waals surface area contributed by atoms with Crippen LogP contribution in [-0.2, 0) is 16.1 Å². The van der Waals surface area contributed by atoms with Crippen molar-refractivity contribution in [3.05, 3.63) is 51.2 Å². The fourth-order valence-corrected chi connectivity index (χ4v) is 3.65. The van der Waals surface area contributed by atoms with Crippen LogP contribution >= 0.6 is 11.3 Å². The minimum absolute atomic E-state index is 0.124. The minimum Gasteiger partial charge on any atom is -0.322 e. The van der Waals surface area contributed by atoms with E-state index >= 15 is 0 Å². The van der Waals surface area contributed by atoms with Crippen molar-refractivity contribution in [3.63, 3.8) is 0 Å².